The van der Waals surface area contributed by atoms with E-state index < -0.39 is 0 Å². The molecule has 2 atom stereocenters. The van der Waals surface area contributed by atoms with Crippen LogP contribution in [0.5, 0.6) is 0 Å². The minimum absolute atomic E-state index is 0.0491. The van der Waals surface area contributed by atoms with Gasteiger partial charge in [0, 0.05) is 32.1 Å². The predicted molar refractivity (Wildman–Crippen MR) is 127 cm³/mol. The van der Waals surface area contributed by atoms with Gasteiger partial charge >= 0.3 is 0 Å². The van der Waals surface area contributed by atoms with Crippen LogP contribution in [0, 0.1) is 6.92 Å². The van der Waals surface area contributed by atoms with Crippen molar-refractivity contribution in [2.75, 3.05) is 13.2 Å². The molecule has 2 aliphatic rings. The first-order valence-corrected chi connectivity index (χ1v) is 12.4. The van der Waals surface area contributed by atoms with E-state index in [-0.39, 0.29) is 12.1 Å². The van der Waals surface area contributed by atoms with E-state index in [1.807, 2.05) is 18.5 Å². The molecular weight excluding hydrogens is 412 g/mol. The smallest absolute Gasteiger partial charge is 0.173 e. The fourth-order valence-electron chi connectivity index (χ4n) is 5.28. The van der Waals surface area contributed by atoms with Crippen LogP contribution in [0.25, 0.3) is 0 Å². The summed E-state index contributed by atoms with van der Waals surface area (Å²) in [5.41, 5.74) is 3.65. The van der Waals surface area contributed by atoms with Crippen LogP contribution in [0.2, 0.25) is 0 Å². The maximum atomic E-state index is 6.07. The van der Waals surface area contributed by atoms with Crippen molar-refractivity contribution in [2.24, 2.45) is 0 Å². The topological polar surface area (TPSA) is 69.0 Å². The number of rotatable bonds is 8. The Morgan fingerprint density at radius 2 is 1.91 bits per heavy atom. The van der Waals surface area contributed by atoms with Crippen LogP contribution < -0.4 is 0 Å². The van der Waals surface area contributed by atoms with Crippen molar-refractivity contribution in [2.45, 2.75) is 76.6 Å². The number of tetrazole rings is 1. The molecule has 7 heteroatoms. The molecule has 0 unspecified atom stereocenters. The predicted octanol–water partition coefficient (Wildman–Crippen LogP) is 4.65. The molecule has 0 amide bonds. The van der Waals surface area contributed by atoms with Gasteiger partial charge in [-0.2, -0.15) is 0 Å². The van der Waals surface area contributed by atoms with Crippen LogP contribution in [0.15, 0.2) is 48.8 Å². The molecule has 5 rings (SSSR count). The Labute approximate surface area is 196 Å². The molecular formula is C26H34N6O. The molecule has 1 aromatic carbocycles. The molecule has 0 spiro atoms. The first-order chi connectivity index (χ1) is 16.3. The third kappa shape index (κ3) is 5.31. The molecule has 1 saturated carbocycles. The van der Waals surface area contributed by atoms with Crippen molar-refractivity contribution in [3.8, 4) is 0 Å². The van der Waals surface area contributed by atoms with Crippen LogP contribution in [-0.2, 0) is 11.3 Å². The summed E-state index contributed by atoms with van der Waals surface area (Å²) in [6, 6.07) is 13.3. The Bertz CT molecular complexity index is 993. The summed E-state index contributed by atoms with van der Waals surface area (Å²) in [6.07, 6.45) is 12.3. The second kappa shape index (κ2) is 10.5. The average Bonchev–Trinajstić information content (AvgIpc) is 3.54. The fourth-order valence-corrected chi connectivity index (χ4v) is 5.28. The highest BCUT2D eigenvalue weighted by Crippen LogP contribution is 2.34. The van der Waals surface area contributed by atoms with Crippen molar-refractivity contribution < 1.29 is 4.74 Å². The van der Waals surface area contributed by atoms with Crippen LogP contribution in [-0.4, -0.2) is 49.3 Å². The lowest BCUT2D eigenvalue weighted by Gasteiger charge is -2.34. The first-order valence-electron chi connectivity index (χ1n) is 12.4. The van der Waals surface area contributed by atoms with Crippen molar-refractivity contribution in [3.05, 3.63) is 71.3 Å². The number of benzene rings is 1. The fraction of sp³-hybridized carbons (Fsp3) is 0.538. The van der Waals surface area contributed by atoms with E-state index in [0.717, 1.165) is 51.2 Å². The van der Waals surface area contributed by atoms with Crippen LogP contribution in [0.1, 0.15) is 79.5 Å². The molecule has 0 N–H and O–H groups in total. The summed E-state index contributed by atoms with van der Waals surface area (Å²) in [5, 5.41) is 13.3. The van der Waals surface area contributed by atoms with Gasteiger partial charge in [0.1, 0.15) is 0 Å². The molecule has 2 fully saturated rings. The van der Waals surface area contributed by atoms with Gasteiger partial charge in [-0.25, -0.2) is 4.68 Å². The van der Waals surface area contributed by atoms with Crippen molar-refractivity contribution >= 4 is 0 Å². The van der Waals surface area contributed by atoms with E-state index >= 15 is 0 Å². The Balaban J connectivity index is 1.55. The number of pyridine rings is 1. The zero-order valence-corrected chi connectivity index (χ0v) is 19.5. The summed E-state index contributed by atoms with van der Waals surface area (Å²) in [5.74, 6) is 0.938. The molecule has 33 heavy (non-hydrogen) atoms. The Morgan fingerprint density at radius 1 is 1.06 bits per heavy atom. The Morgan fingerprint density at radius 3 is 2.64 bits per heavy atom. The third-order valence-electron chi connectivity index (χ3n) is 7.01. The van der Waals surface area contributed by atoms with Crippen LogP contribution in [0.3, 0.4) is 0 Å². The van der Waals surface area contributed by atoms with Crippen LogP contribution in [0.4, 0.5) is 0 Å². The maximum absolute atomic E-state index is 6.07. The lowest BCUT2D eigenvalue weighted by atomic mass is 9.94. The molecule has 3 heterocycles. The summed E-state index contributed by atoms with van der Waals surface area (Å²) in [7, 11) is 0. The zero-order chi connectivity index (χ0) is 22.5. The monoisotopic (exact) mass is 446 g/mol. The number of aromatic nitrogens is 5. The lowest BCUT2D eigenvalue weighted by Crippen LogP contribution is -2.37. The molecule has 7 nitrogen and oxygen atoms in total. The van der Waals surface area contributed by atoms with Crippen molar-refractivity contribution in [1.82, 2.24) is 30.1 Å². The van der Waals surface area contributed by atoms with Gasteiger partial charge in [-0.05, 0) is 60.2 Å². The number of hydrogen-bond donors (Lipinski definition) is 0. The van der Waals surface area contributed by atoms with Crippen molar-refractivity contribution in [3.63, 3.8) is 0 Å². The van der Waals surface area contributed by atoms with Gasteiger partial charge in [-0.1, -0.05) is 55.2 Å². The SMILES string of the molecule is Cc1ccc([C@@H](c2nnnn2C2CCCCC2)N(Cc2cccnc2)C[C@@H]2CCCO2)cc1. The Kier molecular flexibility index (Phi) is 7.07. The summed E-state index contributed by atoms with van der Waals surface area (Å²) in [6.45, 7) is 4.58. The Hall–Kier alpha value is -2.64. The molecule has 1 saturated heterocycles. The van der Waals surface area contributed by atoms with Crippen LogP contribution >= 0.6 is 0 Å². The number of ether oxygens (including phenoxy) is 1. The summed E-state index contributed by atoms with van der Waals surface area (Å²) < 4.78 is 8.19. The highest BCUT2D eigenvalue weighted by Gasteiger charge is 2.33. The minimum atomic E-state index is -0.0491. The van der Waals surface area contributed by atoms with Gasteiger partial charge in [0.2, 0.25) is 0 Å². The average molecular weight is 447 g/mol. The number of hydrogen-bond acceptors (Lipinski definition) is 6. The van der Waals surface area contributed by atoms with Gasteiger partial charge in [0.25, 0.3) is 0 Å². The van der Waals surface area contributed by atoms with Crippen molar-refractivity contribution in [1.29, 1.82) is 0 Å². The number of nitrogens with zero attached hydrogens (tertiary/aromatic N) is 6. The number of aryl methyl sites for hydroxylation is 1. The molecule has 0 bridgehead atoms. The normalized spacial score (nSPS) is 20.4. The highest BCUT2D eigenvalue weighted by atomic mass is 16.5. The minimum Gasteiger partial charge on any atom is -0.377 e. The van der Waals surface area contributed by atoms with E-state index in [2.05, 4.69) is 67.3 Å². The zero-order valence-electron chi connectivity index (χ0n) is 19.5. The van der Waals surface area contributed by atoms with Gasteiger partial charge in [0.15, 0.2) is 5.82 Å². The molecule has 2 aromatic heterocycles. The second-order valence-corrected chi connectivity index (χ2v) is 9.51. The molecule has 1 aliphatic carbocycles. The van der Waals surface area contributed by atoms with Gasteiger partial charge in [0.05, 0.1) is 18.2 Å². The lowest BCUT2D eigenvalue weighted by molar-refractivity contribution is 0.0569. The summed E-state index contributed by atoms with van der Waals surface area (Å²) in [4.78, 5) is 6.85. The molecule has 3 aromatic rings. The van der Waals surface area contributed by atoms with E-state index in [1.54, 1.807) is 0 Å². The second-order valence-electron chi connectivity index (χ2n) is 9.51. The van der Waals surface area contributed by atoms with E-state index in [0.29, 0.717) is 6.04 Å². The van der Waals surface area contributed by atoms with E-state index in [4.69, 9.17) is 4.74 Å². The van der Waals surface area contributed by atoms with Gasteiger partial charge in [-0.3, -0.25) is 9.88 Å². The van der Waals surface area contributed by atoms with Gasteiger partial charge in [-0.15, -0.1) is 5.10 Å². The largest absolute Gasteiger partial charge is 0.377 e. The molecule has 174 valence electrons. The maximum Gasteiger partial charge on any atom is 0.173 e. The standard InChI is InChI=1S/C26H34N6O/c1-20-11-13-22(14-12-20)25(26-28-29-30-32(26)23-8-3-2-4-9-23)31(19-24-10-6-16-33-24)18-21-7-5-15-27-17-21/h5,7,11-15,17,23-25H,2-4,6,8-10,16,18-19H2,1H3/t24-,25-/m0/s1. The third-order valence-corrected chi connectivity index (χ3v) is 7.01. The molecule has 0 radical (unpaired) electrons. The van der Waals surface area contributed by atoms with E-state index in [9.17, 15) is 0 Å². The van der Waals surface area contributed by atoms with E-state index in [1.165, 1.54) is 36.0 Å². The first kappa shape index (κ1) is 22.2. The van der Waals surface area contributed by atoms with Gasteiger partial charge < -0.3 is 4.74 Å². The highest BCUT2D eigenvalue weighted by molar-refractivity contribution is 5.29. The quantitative estimate of drug-likeness (QED) is 0.502. The molecule has 1 aliphatic heterocycles. The summed E-state index contributed by atoms with van der Waals surface area (Å²) >= 11 is 0.